The lowest BCUT2D eigenvalue weighted by molar-refractivity contribution is -0.134. The molecule has 0 aliphatic carbocycles. The van der Waals surface area contributed by atoms with E-state index in [1.807, 2.05) is 23.1 Å². The summed E-state index contributed by atoms with van der Waals surface area (Å²) in [5.74, 6) is 0.0169. The van der Waals surface area contributed by atoms with E-state index in [9.17, 15) is 9.59 Å². The molecule has 0 spiro atoms. The van der Waals surface area contributed by atoms with Gasteiger partial charge >= 0.3 is 6.09 Å². The van der Waals surface area contributed by atoms with Gasteiger partial charge in [0.15, 0.2) is 0 Å². The first-order valence-corrected chi connectivity index (χ1v) is 8.18. The van der Waals surface area contributed by atoms with Crippen molar-refractivity contribution in [1.29, 1.82) is 0 Å². The fourth-order valence-corrected chi connectivity index (χ4v) is 3.00. The summed E-state index contributed by atoms with van der Waals surface area (Å²) in [4.78, 5) is 29.6. The highest BCUT2D eigenvalue weighted by Crippen LogP contribution is 2.10. The van der Waals surface area contributed by atoms with Gasteiger partial charge in [-0.05, 0) is 12.0 Å². The number of carbonyl (C=O) groups excluding carboxylic acids is 2. The molecular formula is C17H23N3O3. The topological polar surface area (TPSA) is 53.1 Å². The third kappa shape index (κ3) is 4.22. The summed E-state index contributed by atoms with van der Waals surface area (Å²) in [7, 11) is 0. The first-order chi connectivity index (χ1) is 11.2. The van der Waals surface area contributed by atoms with Gasteiger partial charge in [-0.1, -0.05) is 30.3 Å². The summed E-state index contributed by atoms with van der Waals surface area (Å²) < 4.78 is 4.97. The lowest BCUT2D eigenvalue weighted by Crippen LogP contribution is -2.52. The fourth-order valence-electron chi connectivity index (χ4n) is 3.00. The molecule has 0 bridgehead atoms. The molecule has 3 rings (SSSR count). The van der Waals surface area contributed by atoms with Gasteiger partial charge in [-0.15, -0.1) is 0 Å². The molecule has 1 aromatic rings. The van der Waals surface area contributed by atoms with E-state index >= 15 is 0 Å². The molecule has 6 heteroatoms. The first kappa shape index (κ1) is 15.8. The summed E-state index contributed by atoms with van der Waals surface area (Å²) in [6.45, 7) is 5.29. The Morgan fingerprint density at radius 3 is 2.48 bits per heavy atom. The Kier molecular flexibility index (Phi) is 5.12. The van der Waals surface area contributed by atoms with Gasteiger partial charge in [0.1, 0.15) is 6.54 Å². The van der Waals surface area contributed by atoms with Crippen LogP contribution in [0.1, 0.15) is 12.0 Å². The lowest BCUT2D eigenvalue weighted by atomic mass is 10.2. The van der Waals surface area contributed by atoms with E-state index in [4.69, 9.17) is 4.74 Å². The zero-order valence-electron chi connectivity index (χ0n) is 13.3. The quantitative estimate of drug-likeness (QED) is 0.837. The largest absolute Gasteiger partial charge is 0.449 e. The molecule has 2 heterocycles. The van der Waals surface area contributed by atoms with Crippen LogP contribution in [0, 0.1) is 0 Å². The number of hydrogen-bond donors (Lipinski definition) is 0. The van der Waals surface area contributed by atoms with Crippen molar-refractivity contribution in [3.8, 4) is 0 Å². The summed E-state index contributed by atoms with van der Waals surface area (Å²) in [5, 5.41) is 0. The van der Waals surface area contributed by atoms with Crippen LogP contribution >= 0.6 is 0 Å². The molecule has 0 saturated carbocycles. The maximum atomic E-state index is 12.3. The number of carbonyl (C=O) groups is 2. The summed E-state index contributed by atoms with van der Waals surface area (Å²) in [5.41, 5.74) is 1.29. The number of rotatable bonds is 4. The van der Waals surface area contributed by atoms with Crippen molar-refractivity contribution in [3.05, 3.63) is 35.9 Å². The van der Waals surface area contributed by atoms with Crippen LogP contribution in [0.15, 0.2) is 30.3 Å². The van der Waals surface area contributed by atoms with Gasteiger partial charge in [0.2, 0.25) is 5.91 Å². The van der Waals surface area contributed by atoms with Crippen LogP contribution in [0.4, 0.5) is 4.79 Å². The maximum absolute atomic E-state index is 12.3. The molecule has 1 aromatic carbocycles. The molecule has 2 saturated heterocycles. The van der Waals surface area contributed by atoms with Crippen molar-refractivity contribution >= 4 is 12.0 Å². The minimum absolute atomic E-state index is 0.0169. The fraction of sp³-hybridized carbons (Fsp3) is 0.529. The van der Waals surface area contributed by atoms with Gasteiger partial charge in [0, 0.05) is 39.3 Å². The molecule has 0 N–H and O–H groups in total. The first-order valence-electron chi connectivity index (χ1n) is 8.18. The average molecular weight is 317 g/mol. The summed E-state index contributed by atoms with van der Waals surface area (Å²) >= 11 is 0. The standard InChI is InChI=1S/C17H23N3O3/c21-16(14-20-7-4-12-23-17(20)22)19-10-8-18(9-11-19)13-15-5-2-1-3-6-15/h1-3,5-6H,4,7-14H2. The molecule has 23 heavy (non-hydrogen) atoms. The van der Waals surface area contributed by atoms with Crippen LogP contribution in [0.3, 0.4) is 0 Å². The minimum Gasteiger partial charge on any atom is -0.449 e. The summed E-state index contributed by atoms with van der Waals surface area (Å²) in [6, 6.07) is 10.4. The maximum Gasteiger partial charge on any atom is 0.410 e. The third-order valence-corrected chi connectivity index (χ3v) is 4.36. The molecule has 0 aromatic heterocycles. The number of ether oxygens (including phenoxy) is 1. The van der Waals surface area contributed by atoms with Crippen molar-refractivity contribution in [2.24, 2.45) is 0 Å². The predicted octanol–water partition coefficient (Wildman–Crippen LogP) is 1.17. The molecule has 0 radical (unpaired) electrons. The zero-order chi connectivity index (χ0) is 16.1. The van der Waals surface area contributed by atoms with Crippen molar-refractivity contribution < 1.29 is 14.3 Å². The molecule has 0 unspecified atom stereocenters. The number of nitrogens with zero attached hydrogens (tertiary/aromatic N) is 3. The number of hydrogen-bond acceptors (Lipinski definition) is 4. The highest BCUT2D eigenvalue weighted by atomic mass is 16.6. The van der Waals surface area contributed by atoms with Crippen LogP contribution < -0.4 is 0 Å². The van der Waals surface area contributed by atoms with E-state index in [0.717, 1.165) is 26.1 Å². The molecular weight excluding hydrogens is 294 g/mol. The number of piperazine rings is 1. The highest BCUT2D eigenvalue weighted by Gasteiger charge is 2.26. The second kappa shape index (κ2) is 7.46. The van der Waals surface area contributed by atoms with Crippen molar-refractivity contribution in [2.45, 2.75) is 13.0 Å². The van der Waals surface area contributed by atoms with E-state index in [1.54, 1.807) is 0 Å². The van der Waals surface area contributed by atoms with Gasteiger partial charge in [0.05, 0.1) is 6.61 Å². The van der Waals surface area contributed by atoms with Crippen LogP contribution in [-0.2, 0) is 16.1 Å². The third-order valence-electron chi connectivity index (χ3n) is 4.36. The van der Waals surface area contributed by atoms with Gasteiger partial charge in [-0.3, -0.25) is 14.6 Å². The van der Waals surface area contributed by atoms with Crippen LogP contribution in [0.2, 0.25) is 0 Å². The monoisotopic (exact) mass is 317 g/mol. The molecule has 2 fully saturated rings. The Bertz CT molecular complexity index is 541. The van der Waals surface area contributed by atoms with Crippen LogP contribution in [-0.4, -0.2) is 72.6 Å². The van der Waals surface area contributed by atoms with Gasteiger partial charge in [-0.25, -0.2) is 4.79 Å². The minimum atomic E-state index is -0.368. The molecule has 2 aliphatic rings. The SMILES string of the molecule is O=C(CN1CCCOC1=O)N1CCN(Cc2ccccc2)CC1. The molecule has 0 atom stereocenters. The Morgan fingerprint density at radius 1 is 1.04 bits per heavy atom. The Hall–Kier alpha value is -2.08. The number of benzene rings is 1. The van der Waals surface area contributed by atoms with Gasteiger partial charge in [-0.2, -0.15) is 0 Å². The van der Waals surface area contributed by atoms with Crippen molar-refractivity contribution in [2.75, 3.05) is 45.9 Å². The van der Waals surface area contributed by atoms with E-state index in [-0.39, 0.29) is 18.5 Å². The second-order valence-corrected chi connectivity index (χ2v) is 6.03. The van der Waals surface area contributed by atoms with Gasteiger partial charge in [0.25, 0.3) is 0 Å². The lowest BCUT2D eigenvalue weighted by Gasteiger charge is -2.36. The number of amides is 2. The van der Waals surface area contributed by atoms with Crippen molar-refractivity contribution in [3.63, 3.8) is 0 Å². The Balaban J connectivity index is 1.45. The van der Waals surface area contributed by atoms with E-state index in [0.29, 0.717) is 26.2 Å². The highest BCUT2D eigenvalue weighted by molar-refractivity contribution is 5.82. The summed E-state index contributed by atoms with van der Waals surface area (Å²) in [6.07, 6.45) is 0.427. The number of cyclic esters (lactones) is 1. The Morgan fingerprint density at radius 2 is 1.78 bits per heavy atom. The molecule has 2 aliphatic heterocycles. The molecule has 124 valence electrons. The molecule has 2 amide bonds. The van der Waals surface area contributed by atoms with E-state index in [2.05, 4.69) is 17.0 Å². The van der Waals surface area contributed by atoms with Crippen LogP contribution in [0.5, 0.6) is 0 Å². The Labute approximate surface area is 136 Å². The smallest absolute Gasteiger partial charge is 0.410 e. The average Bonchev–Trinajstić information content (AvgIpc) is 2.58. The van der Waals surface area contributed by atoms with E-state index < -0.39 is 0 Å². The normalized spacial score (nSPS) is 19.6. The second-order valence-electron chi connectivity index (χ2n) is 6.03. The zero-order valence-corrected chi connectivity index (χ0v) is 13.3. The van der Waals surface area contributed by atoms with Crippen LogP contribution in [0.25, 0.3) is 0 Å². The van der Waals surface area contributed by atoms with Gasteiger partial charge < -0.3 is 9.64 Å². The van der Waals surface area contributed by atoms with Crippen molar-refractivity contribution in [1.82, 2.24) is 14.7 Å². The predicted molar refractivity (Wildman–Crippen MR) is 85.8 cm³/mol. The molecule has 6 nitrogen and oxygen atoms in total. The van der Waals surface area contributed by atoms with E-state index in [1.165, 1.54) is 10.5 Å².